The third kappa shape index (κ3) is 3.18. The lowest BCUT2D eigenvalue weighted by molar-refractivity contribution is -0.0745. The van der Waals surface area contributed by atoms with Gasteiger partial charge < -0.3 is 15.2 Å². The summed E-state index contributed by atoms with van der Waals surface area (Å²) in [5.74, 6) is 0.118. The van der Waals surface area contributed by atoms with E-state index >= 15 is 4.39 Å². The summed E-state index contributed by atoms with van der Waals surface area (Å²) in [6.45, 7) is 1.21. The molecule has 1 unspecified atom stereocenters. The normalized spacial score (nSPS) is 37.0. The predicted molar refractivity (Wildman–Crippen MR) is 101 cm³/mol. The Morgan fingerprint density at radius 1 is 1.37 bits per heavy atom. The molecular formula is C17H23FN5O6P. The van der Waals surface area contributed by atoms with Gasteiger partial charge in [0, 0.05) is 0 Å². The molecule has 5 atom stereocenters. The molecule has 2 N–H and O–H groups in total. The van der Waals surface area contributed by atoms with Crippen LogP contribution in [-0.4, -0.2) is 57.2 Å². The number of nitrogens with two attached hydrogens (primary N) is 1. The monoisotopic (exact) mass is 443 g/mol. The quantitative estimate of drug-likeness (QED) is 0.703. The van der Waals surface area contributed by atoms with Crippen LogP contribution in [0.1, 0.15) is 38.8 Å². The van der Waals surface area contributed by atoms with E-state index in [0.29, 0.717) is 5.52 Å². The third-order valence-electron chi connectivity index (χ3n) is 5.75. The summed E-state index contributed by atoms with van der Waals surface area (Å²) in [5, 5.41) is 0. The van der Waals surface area contributed by atoms with Gasteiger partial charge in [0.1, 0.15) is 12.2 Å². The zero-order chi connectivity index (χ0) is 21.1. The molecule has 2 aromatic heterocycles. The Balaban J connectivity index is 1.45. The zero-order valence-corrected chi connectivity index (χ0v) is 17.5. The standard InChI is InChI=1S/C17H23FN5O6P/c1-17(18)12-10(7-26-30(24,29-12)28-9-5-3-4-6-9)27-15(17)23-8-20-11-13(23)21-16(19)22-14(11)25-2/h8-10,12,15H,3-7H2,1-2H3,(H2,19,21,22)/t10-,12-,15-,17-,30?/m1/s1. The Bertz CT molecular complexity index is 1010. The van der Waals surface area contributed by atoms with E-state index < -0.39 is 31.9 Å². The van der Waals surface area contributed by atoms with Gasteiger partial charge in [-0.25, -0.2) is 13.9 Å². The van der Waals surface area contributed by atoms with E-state index in [-0.39, 0.29) is 30.2 Å². The number of imidazole rings is 1. The van der Waals surface area contributed by atoms with Crippen LogP contribution in [0.3, 0.4) is 0 Å². The first-order chi connectivity index (χ1) is 14.3. The Kier molecular flexibility index (Phi) is 4.75. The minimum atomic E-state index is -3.90. The number of fused-ring (bicyclic) bond motifs is 2. The Morgan fingerprint density at radius 2 is 2.13 bits per heavy atom. The van der Waals surface area contributed by atoms with Crippen LogP contribution in [0.2, 0.25) is 0 Å². The second kappa shape index (κ2) is 7.10. The third-order valence-corrected chi connectivity index (χ3v) is 7.26. The highest BCUT2D eigenvalue weighted by Crippen LogP contribution is 2.61. The highest BCUT2D eigenvalue weighted by Gasteiger charge is 2.62. The number of phosphoric acid groups is 1. The van der Waals surface area contributed by atoms with Gasteiger partial charge in [-0.2, -0.15) is 9.97 Å². The Morgan fingerprint density at radius 3 is 2.87 bits per heavy atom. The number of alkyl halides is 1. The molecule has 1 saturated carbocycles. The molecule has 164 valence electrons. The number of phosphoric ester groups is 1. The first-order valence-corrected chi connectivity index (χ1v) is 11.3. The van der Waals surface area contributed by atoms with Crippen LogP contribution in [-0.2, 0) is 22.9 Å². The number of ether oxygens (including phenoxy) is 2. The lowest BCUT2D eigenvalue weighted by Crippen LogP contribution is -2.45. The number of nitrogens with zero attached hydrogens (tertiary/aromatic N) is 4. The van der Waals surface area contributed by atoms with Crippen LogP contribution in [0.5, 0.6) is 5.88 Å². The maximum Gasteiger partial charge on any atom is 0.475 e. The van der Waals surface area contributed by atoms with Gasteiger partial charge in [0.15, 0.2) is 23.1 Å². The summed E-state index contributed by atoms with van der Waals surface area (Å²) in [7, 11) is -2.47. The second-order valence-electron chi connectivity index (χ2n) is 7.87. The van der Waals surface area contributed by atoms with Gasteiger partial charge in [-0.1, -0.05) is 12.8 Å². The SMILES string of the molecule is COc1nc(N)nc2c1ncn2[C@@H]1O[C@@H]2COP(=O)(OC3CCCC3)O[C@H]2[C@@]1(C)F. The van der Waals surface area contributed by atoms with Gasteiger partial charge >= 0.3 is 7.82 Å². The van der Waals surface area contributed by atoms with E-state index in [9.17, 15) is 4.57 Å². The molecule has 1 aliphatic carbocycles. The molecule has 11 nitrogen and oxygen atoms in total. The van der Waals surface area contributed by atoms with Gasteiger partial charge in [0.2, 0.25) is 11.8 Å². The number of hydrogen-bond acceptors (Lipinski definition) is 10. The highest BCUT2D eigenvalue weighted by atomic mass is 31.2. The van der Waals surface area contributed by atoms with Crippen molar-refractivity contribution in [1.29, 1.82) is 0 Å². The van der Waals surface area contributed by atoms with E-state index in [1.807, 2.05) is 0 Å². The minimum absolute atomic E-state index is 0.0499. The molecule has 4 heterocycles. The maximum atomic E-state index is 16.0. The van der Waals surface area contributed by atoms with Crippen LogP contribution in [0.15, 0.2) is 6.33 Å². The van der Waals surface area contributed by atoms with Gasteiger partial charge in [-0.05, 0) is 19.8 Å². The van der Waals surface area contributed by atoms with Crippen molar-refractivity contribution < 1.29 is 32.0 Å². The predicted octanol–water partition coefficient (Wildman–Crippen LogP) is 2.53. The molecule has 2 aliphatic heterocycles. The lowest BCUT2D eigenvalue weighted by Gasteiger charge is -2.34. The summed E-state index contributed by atoms with van der Waals surface area (Å²) >= 11 is 0. The molecule has 0 spiro atoms. The van der Waals surface area contributed by atoms with E-state index in [1.54, 1.807) is 0 Å². The molecule has 3 aliphatic rings. The van der Waals surface area contributed by atoms with Crippen LogP contribution < -0.4 is 10.5 Å². The van der Waals surface area contributed by atoms with Crippen molar-refractivity contribution in [3.8, 4) is 5.88 Å². The average molecular weight is 443 g/mol. The number of nitrogen functional groups attached to an aromatic ring is 1. The van der Waals surface area contributed by atoms with Crippen molar-refractivity contribution in [1.82, 2.24) is 19.5 Å². The number of aromatic nitrogens is 4. The topological polar surface area (TPSA) is 133 Å². The van der Waals surface area contributed by atoms with E-state index in [2.05, 4.69) is 15.0 Å². The molecule has 30 heavy (non-hydrogen) atoms. The first kappa shape index (κ1) is 20.1. The molecule has 0 bridgehead atoms. The highest BCUT2D eigenvalue weighted by molar-refractivity contribution is 7.48. The van der Waals surface area contributed by atoms with Crippen molar-refractivity contribution in [3.05, 3.63) is 6.33 Å². The summed E-state index contributed by atoms with van der Waals surface area (Å²) in [5.41, 5.74) is 4.23. The van der Waals surface area contributed by atoms with Crippen molar-refractivity contribution in [3.63, 3.8) is 0 Å². The average Bonchev–Trinajstić information content (AvgIpc) is 3.40. The smallest absolute Gasteiger partial charge is 0.475 e. The van der Waals surface area contributed by atoms with Crippen LogP contribution in [0, 0.1) is 0 Å². The number of rotatable bonds is 4. The summed E-state index contributed by atoms with van der Waals surface area (Å²) in [6, 6.07) is 0. The van der Waals surface area contributed by atoms with Crippen molar-refractivity contribution >= 4 is 24.9 Å². The lowest BCUT2D eigenvalue weighted by atomic mass is 9.98. The molecule has 5 rings (SSSR count). The van der Waals surface area contributed by atoms with Gasteiger partial charge in [-0.3, -0.25) is 18.1 Å². The molecular weight excluding hydrogens is 420 g/mol. The van der Waals surface area contributed by atoms with Crippen molar-refractivity contribution in [2.75, 3.05) is 19.5 Å². The summed E-state index contributed by atoms with van der Waals surface area (Å²) < 4.78 is 58.0. The molecule has 0 radical (unpaired) electrons. The fraction of sp³-hybridized carbons (Fsp3) is 0.706. The number of hydrogen-bond donors (Lipinski definition) is 1. The molecule has 0 amide bonds. The summed E-state index contributed by atoms with van der Waals surface area (Å²) in [6.07, 6.45) is 1.60. The molecule has 0 aromatic carbocycles. The van der Waals surface area contributed by atoms with Gasteiger partial charge in [-0.15, -0.1) is 0 Å². The fourth-order valence-corrected chi connectivity index (χ4v) is 5.99. The number of halogens is 1. The molecule has 2 saturated heterocycles. The number of methoxy groups -OCH3 is 1. The van der Waals surface area contributed by atoms with Gasteiger partial charge in [0.25, 0.3) is 0 Å². The van der Waals surface area contributed by atoms with Crippen molar-refractivity contribution in [2.45, 2.75) is 62.8 Å². The second-order valence-corrected chi connectivity index (χ2v) is 9.45. The largest absolute Gasteiger partial charge is 0.479 e. The van der Waals surface area contributed by atoms with Gasteiger partial charge in [0.05, 0.1) is 26.1 Å². The Hall–Kier alpha value is -1.85. The van der Waals surface area contributed by atoms with Crippen LogP contribution >= 0.6 is 7.82 Å². The summed E-state index contributed by atoms with van der Waals surface area (Å²) in [4.78, 5) is 12.3. The van der Waals surface area contributed by atoms with E-state index in [0.717, 1.165) is 25.7 Å². The minimum Gasteiger partial charge on any atom is -0.479 e. The Labute approximate surface area is 171 Å². The number of anilines is 1. The molecule has 2 aromatic rings. The molecule has 3 fully saturated rings. The fourth-order valence-electron chi connectivity index (χ4n) is 4.30. The van der Waals surface area contributed by atoms with Crippen LogP contribution in [0.25, 0.3) is 11.2 Å². The zero-order valence-electron chi connectivity index (χ0n) is 16.6. The van der Waals surface area contributed by atoms with Crippen molar-refractivity contribution in [2.24, 2.45) is 0 Å². The van der Waals surface area contributed by atoms with Crippen LogP contribution in [0.4, 0.5) is 10.3 Å². The maximum absolute atomic E-state index is 16.0. The van der Waals surface area contributed by atoms with E-state index in [1.165, 1.54) is 24.9 Å². The molecule has 13 heteroatoms. The first-order valence-electron chi connectivity index (χ1n) is 9.80. The van der Waals surface area contributed by atoms with E-state index in [4.69, 9.17) is 28.8 Å².